The van der Waals surface area contributed by atoms with Crippen molar-refractivity contribution in [1.82, 2.24) is 0 Å². The lowest BCUT2D eigenvalue weighted by Gasteiger charge is -2.41. The van der Waals surface area contributed by atoms with Crippen molar-refractivity contribution in [3.05, 3.63) is 0 Å². The van der Waals surface area contributed by atoms with Gasteiger partial charge in [0.2, 0.25) is 0 Å². The van der Waals surface area contributed by atoms with Crippen molar-refractivity contribution in [2.24, 2.45) is 0 Å². The van der Waals surface area contributed by atoms with E-state index in [1.807, 2.05) is 0 Å². The minimum absolute atomic E-state index is 0.714. The van der Waals surface area contributed by atoms with Crippen molar-refractivity contribution in [1.29, 1.82) is 0 Å². The molecule has 0 bridgehead atoms. The molecule has 0 aromatic rings. The number of alkyl halides is 7. The lowest BCUT2D eigenvalue weighted by atomic mass is 10.1. The highest BCUT2D eigenvalue weighted by Gasteiger charge is 2.62. The van der Waals surface area contributed by atoms with Crippen LogP contribution in [0.15, 0.2) is 0 Å². The minimum atomic E-state index is -2.01. The normalized spacial score (nSPS) is 16.9. The van der Waals surface area contributed by atoms with Crippen LogP contribution in [0.1, 0.15) is 6.92 Å². The molecule has 0 aromatic carbocycles. The molecule has 0 amide bonds. The molecule has 0 radical (unpaired) electrons. The first-order valence-corrected chi connectivity index (χ1v) is 6.09. The summed E-state index contributed by atoms with van der Waals surface area (Å²) >= 11 is 40.3. The number of hydrogen-bond donors (Lipinski definition) is 1. The van der Waals surface area contributed by atoms with E-state index in [4.69, 9.17) is 86.3 Å². The number of aliphatic hydroxyl groups excluding tert-OH is 1. The monoisotopic (exact) mass is 340 g/mol. The summed E-state index contributed by atoms with van der Waals surface area (Å²) in [4.78, 5) is 0. The zero-order valence-electron chi connectivity index (χ0n) is 6.88. The van der Waals surface area contributed by atoms with Gasteiger partial charge >= 0.3 is 0 Å². The summed E-state index contributed by atoms with van der Waals surface area (Å²) in [6.45, 7) is 0.760. The zero-order valence-corrected chi connectivity index (χ0v) is 12.2. The average molecular weight is 343 g/mol. The molecule has 0 saturated carbocycles. The fourth-order valence-corrected chi connectivity index (χ4v) is 2.13. The molecule has 1 atom stereocenters. The summed E-state index contributed by atoms with van der Waals surface area (Å²) < 4.78 is -5.73. The third kappa shape index (κ3) is 2.81. The minimum Gasteiger partial charge on any atom is -0.393 e. The first-order chi connectivity index (χ1) is 6.00. The second-order valence-electron chi connectivity index (χ2n) is 2.68. The largest absolute Gasteiger partial charge is 0.393 e. The lowest BCUT2D eigenvalue weighted by molar-refractivity contribution is 0.265. The Bertz CT molecular complexity index is 200. The van der Waals surface area contributed by atoms with Crippen LogP contribution in [0.2, 0.25) is 0 Å². The number of halogens is 7. The predicted molar refractivity (Wildman–Crippen MR) is 65.7 cm³/mol. The molecule has 86 valence electrons. The molecule has 14 heavy (non-hydrogen) atoms. The maximum absolute atomic E-state index is 8.88. The van der Waals surface area contributed by atoms with E-state index in [9.17, 15) is 0 Å². The van der Waals surface area contributed by atoms with Gasteiger partial charge in [-0.25, -0.2) is 0 Å². The smallest absolute Gasteiger partial charge is 0.187 e. The molecule has 0 aliphatic carbocycles. The van der Waals surface area contributed by atoms with Crippen molar-refractivity contribution in [2.75, 3.05) is 6.61 Å². The molecular weight excluding hydrogens is 336 g/mol. The van der Waals surface area contributed by atoms with E-state index in [0.717, 1.165) is 0 Å². The molecule has 0 fully saturated rings. The Balaban J connectivity index is 5.14. The van der Waals surface area contributed by atoms with Crippen LogP contribution in [0.3, 0.4) is 0 Å². The van der Waals surface area contributed by atoms with E-state index < -0.39 is 25.0 Å². The molecule has 0 saturated heterocycles. The van der Waals surface area contributed by atoms with Gasteiger partial charge < -0.3 is 5.11 Å². The van der Waals surface area contributed by atoms with Crippen LogP contribution in [-0.4, -0.2) is 30.1 Å². The first-order valence-electron chi connectivity index (χ1n) is 3.39. The van der Waals surface area contributed by atoms with Crippen LogP contribution < -0.4 is 0 Å². The Morgan fingerprint density at radius 3 is 1.64 bits per heavy atom. The predicted octanol–water partition coefficient (Wildman–Crippen LogP) is 4.13. The Labute approximate surface area is 117 Å². The van der Waals surface area contributed by atoms with Crippen LogP contribution in [0, 0.1) is 0 Å². The van der Waals surface area contributed by atoms with Crippen molar-refractivity contribution >= 4 is 81.2 Å². The van der Waals surface area contributed by atoms with Gasteiger partial charge in [0, 0.05) is 0 Å². The van der Waals surface area contributed by atoms with Gasteiger partial charge in [0.05, 0.1) is 12.0 Å². The Morgan fingerprint density at radius 1 is 1.07 bits per heavy atom. The summed E-state index contributed by atoms with van der Waals surface area (Å²) in [5, 5.41) is 8.07. The fourth-order valence-electron chi connectivity index (χ4n) is 0.593. The van der Waals surface area contributed by atoms with Gasteiger partial charge in [-0.3, -0.25) is 0 Å². The summed E-state index contributed by atoms with van der Waals surface area (Å²) in [7, 11) is 0. The summed E-state index contributed by atoms with van der Waals surface area (Å²) in [6, 6.07) is 0. The highest BCUT2D eigenvalue weighted by Crippen LogP contribution is 2.56. The molecular formula is C6H7Cl7O. The van der Waals surface area contributed by atoms with E-state index in [-0.39, 0.29) is 0 Å². The van der Waals surface area contributed by atoms with E-state index in [2.05, 4.69) is 0 Å². The van der Waals surface area contributed by atoms with Crippen molar-refractivity contribution in [2.45, 2.75) is 25.3 Å². The Kier molecular flexibility index (Phi) is 5.82. The van der Waals surface area contributed by atoms with Gasteiger partial charge in [0.15, 0.2) is 13.0 Å². The average Bonchev–Trinajstić information content (AvgIpc) is 2.03. The highest BCUT2D eigenvalue weighted by atomic mass is 35.5. The van der Waals surface area contributed by atoms with Crippen LogP contribution >= 0.6 is 81.2 Å². The maximum Gasteiger partial charge on any atom is 0.187 e. The molecule has 0 heterocycles. The van der Waals surface area contributed by atoms with Gasteiger partial charge in [0.1, 0.15) is 0 Å². The van der Waals surface area contributed by atoms with Crippen LogP contribution in [0.5, 0.6) is 0 Å². The second kappa shape index (κ2) is 5.10. The molecule has 8 heteroatoms. The highest BCUT2D eigenvalue weighted by molar-refractivity contribution is 6.70. The van der Waals surface area contributed by atoms with Crippen molar-refractivity contribution in [3.8, 4) is 0 Å². The molecule has 0 aliphatic heterocycles. The van der Waals surface area contributed by atoms with Crippen molar-refractivity contribution in [3.63, 3.8) is 0 Å². The van der Waals surface area contributed by atoms with Crippen LogP contribution in [0.4, 0.5) is 0 Å². The first kappa shape index (κ1) is 16.0. The molecule has 0 spiro atoms. The molecule has 1 nitrogen and oxygen atoms in total. The molecule has 1 N–H and O–H groups in total. The Morgan fingerprint density at radius 2 is 1.43 bits per heavy atom. The quantitative estimate of drug-likeness (QED) is 0.761. The summed E-state index contributed by atoms with van der Waals surface area (Å²) in [5.41, 5.74) is 0. The van der Waals surface area contributed by atoms with Gasteiger partial charge in [-0.2, -0.15) is 0 Å². The second-order valence-corrected chi connectivity index (χ2v) is 7.53. The third-order valence-electron chi connectivity index (χ3n) is 1.58. The number of aliphatic hydroxyl groups is 1. The number of hydrogen-bond acceptors (Lipinski definition) is 1. The van der Waals surface area contributed by atoms with E-state index in [1.165, 1.54) is 6.92 Å². The standard InChI is InChI=1S/C6H7Cl7O/c1-3(7)5(10,11)6(12,13)4(8,9)2-14/h3,14H,2H2,1H3. The van der Waals surface area contributed by atoms with E-state index in [0.29, 0.717) is 0 Å². The SMILES string of the molecule is CC(Cl)C(Cl)(Cl)C(Cl)(Cl)C(Cl)(Cl)CO. The Hall–Kier alpha value is 1.99. The third-order valence-corrected chi connectivity index (χ3v) is 6.17. The van der Waals surface area contributed by atoms with E-state index >= 15 is 0 Å². The lowest BCUT2D eigenvalue weighted by Crippen LogP contribution is -2.55. The van der Waals surface area contributed by atoms with Crippen molar-refractivity contribution < 1.29 is 5.11 Å². The van der Waals surface area contributed by atoms with Crippen LogP contribution in [0.25, 0.3) is 0 Å². The van der Waals surface area contributed by atoms with Gasteiger partial charge in [-0.15, -0.1) is 11.6 Å². The summed E-state index contributed by atoms with van der Waals surface area (Å²) in [5.74, 6) is 0. The van der Waals surface area contributed by atoms with Gasteiger partial charge in [-0.1, -0.05) is 69.6 Å². The van der Waals surface area contributed by atoms with Gasteiger partial charge in [-0.05, 0) is 6.92 Å². The topological polar surface area (TPSA) is 20.2 Å². The molecule has 1 unspecified atom stereocenters. The zero-order chi connectivity index (χ0) is 11.8. The number of rotatable bonds is 4. The van der Waals surface area contributed by atoms with E-state index in [1.54, 1.807) is 0 Å². The summed E-state index contributed by atoms with van der Waals surface area (Å²) in [6.07, 6.45) is 0. The molecule has 0 aromatic heterocycles. The molecule has 0 aliphatic rings. The van der Waals surface area contributed by atoms with Gasteiger partial charge in [0.25, 0.3) is 0 Å². The maximum atomic E-state index is 8.88. The van der Waals surface area contributed by atoms with Crippen LogP contribution in [-0.2, 0) is 0 Å². The fraction of sp³-hybridized carbons (Fsp3) is 1.00. The molecule has 0 rings (SSSR count).